The molecule has 0 aliphatic rings. The predicted octanol–water partition coefficient (Wildman–Crippen LogP) is 4.28. The molecule has 2 aromatic heterocycles. The van der Waals surface area contributed by atoms with Gasteiger partial charge in [0.05, 0.1) is 12.2 Å². The van der Waals surface area contributed by atoms with Crippen molar-refractivity contribution in [1.29, 1.82) is 0 Å². The van der Waals surface area contributed by atoms with Crippen molar-refractivity contribution < 1.29 is 4.79 Å². The second-order valence-electron chi connectivity index (χ2n) is 4.03. The molecule has 0 bridgehead atoms. The summed E-state index contributed by atoms with van der Waals surface area (Å²) in [5.41, 5.74) is 0.865. The van der Waals surface area contributed by atoms with E-state index in [1.165, 1.54) is 4.70 Å². The zero-order chi connectivity index (χ0) is 13.1. The second-order valence-corrected chi connectivity index (χ2v) is 5.98. The van der Waals surface area contributed by atoms with Crippen LogP contribution >= 0.6 is 22.7 Å². The van der Waals surface area contributed by atoms with E-state index in [0.717, 1.165) is 16.0 Å². The third kappa shape index (κ3) is 2.77. The van der Waals surface area contributed by atoms with Gasteiger partial charge in [-0.25, -0.2) is 4.79 Å². The van der Waals surface area contributed by atoms with Crippen molar-refractivity contribution in [3.05, 3.63) is 52.0 Å². The lowest BCUT2D eigenvalue weighted by atomic mass is 10.2. The number of amides is 2. The molecule has 1 aromatic carbocycles. The lowest BCUT2D eigenvalue weighted by Gasteiger charge is -2.05. The van der Waals surface area contributed by atoms with Gasteiger partial charge in [0.1, 0.15) is 0 Å². The highest BCUT2D eigenvalue weighted by atomic mass is 32.1. The Hall–Kier alpha value is -1.85. The summed E-state index contributed by atoms with van der Waals surface area (Å²) in [4.78, 5) is 13.0. The van der Waals surface area contributed by atoms with Crippen molar-refractivity contribution in [2.45, 2.75) is 6.54 Å². The number of hydrogen-bond acceptors (Lipinski definition) is 3. The van der Waals surface area contributed by atoms with E-state index in [4.69, 9.17) is 0 Å². The van der Waals surface area contributed by atoms with Gasteiger partial charge in [-0.3, -0.25) is 0 Å². The minimum Gasteiger partial charge on any atom is -0.333 e. The minimum atomic E-state index is -0.169. The highest BCUT2D eigenvalue weighted by Gasteiger charge is 2.07. The molecule has 0 atom stereocenters. The topological polar surface area (TPSA) is 41.1 Å². The Bertz CT molecular complexity index is 688. The molecule has 2 heterocycles. The fraction of sp³-hybridized carbons (Fsp3) is 0.0714. The van der Waals surface area contributed by atoms with Crippen molar-refractivity contribution in [3.63, 3.8) is 0 Å². The number of anilines is 1. The molecule has 0 aliphatic heterocycles. The molecule has 0 unspecified atom stereocenters. The van der Waals surface area contributed by atoms with Gasteiger partial charge in [0.25, 0.3) is 0 Å². The molecule has 3 rings (SSSR count). The number of rotatable bonds is 3. The summed E-state index contributed by atoms with van der Waals surface area (Å²) < 4.78 is 1.18. The number of fused-ring (bicyclic) bond motifs is 1. The first-order valence-corrected chi connectivity index (χ1v) is 7.62. The summed E-state index contributed by atoms with van der Waals surface area (Å²) in [6, 6.07) is 11.9. The molecule has 19 heavy (non-hydrogen) atoms. The SMILES string of the molecule is O=C(NCc1cccs1)Nc1csc2ccccc12. The maximum absolute atomic E-state index is 11.8. The zero-order valence-corrected chi connectivity index (χ0v) is 11.7. The second kappa shape index (κ2) is 5.42. The van der Waals surface area contributed by atoms with E-state index in [1.807, 2.05) is 41.1 Å². The number of carbonyl (C=O) groups is 1. The van der Waals surface area contributed by atoms with Crippen LogP contribution in [0.15, 0.2) is 47.2 Å². The lowest BCUT2D eigenvalue weighted by Crippen LogP contribution is -2.27. The molecule has 0 fully saturated rings. The quantitative estimate of drug-likeness (QED) is 0.742. The van der Waals surface area contributed by atoms with Crippen molar-refractivity contribution >= 4 is 44.5 Å². The van der Waals surface area contributed by atoms with Crippen LogP contribution in [0.5, 0.6) is 0 Å². The summed E-state index contributed by atoms with van der Waals surface area (Å²) in [5.74, 6) is 0. The van der Waals surface area contributed by atoms with Crippen LogP contribution in [-0.4, -0.2) is 6.03 Å². The number of benzene rings is 1. The Balaban J connectivity index is 1.66. The minimum absolute atomic E-state index is 0.169. The maximum atomic E-state index is 11.8. The van der Waals surface area contributed by atoms with Gasteiger partial charge in [-0.2, -0.15) is 0 Å². The van der Waals surface area contributed by atoms with Gasteiger partial charge in [-0.05, 0) is 17.5 Å². The first-order chi connectivity index (χ1) is 9.33. The maximum Gasteiger partial charge on any atom is 0.319 e. The van der Waals surface area contributed by atoms with Gasteiger partial charge >= 0.3 is 6.03 Å². The molecule has 5 heteroatoms. The number of urea groups is 1. The average Bonchev–Trinajstić information content (AvgIpc) is 3.07. The van der Waals surface area contributed by atoms with E-state index in [9.17, 15) is 4.79 Å². The lowest BCUT2D eigenvalue weighted by molar-refractivity contribution is 0.252. The summed E-state index contributed by atoms with van der Waals surface area (Å²) in [6.07, 6.45) is 0. The number of nitrogens with one attached hydrogen (secondary N) is 2. The van der Waals surface area contributed by atoms with Crippen molar-refractivity contribution in [2.75, 3.05) is 5.32 Å². The van der Waals surface area contributed by atoms with Crippen LogP contribution in [0, 0.1) is 0 Å². The van der Waals surface area contributed by atoms with Gasteiger partial charge < -0.3 is 10.6 Å². The molecule has 0 aliphatic carbocycles. The third-order valence-corrected chi connectivity index (χ3v) is 4.57. The van der Waals surface area contributed by atoms with Crippen LogP contribution in [-0.2, 0) is 6.54 Å². The highest BCUT2D eigenvalue weighted by Crippen LogP contribution is 2.29. The van der Waals surface area contributed by atoms with E-state index >= 15 is 0 Å². The van der Waals surface area contributed by atoms with Crippen LogP contribution in [0.25, 0.3) is 10.1 Å². The van der Waals surface area contributed by atoms with E-state index < -0.39 is 0 Å². The number of hydrogen-bond donors (Lipinski definition) is 2. The van der Waals surface area contributed by atoms with Gasteiger partial charge in [0, 0.05) is 20.3 Å². The van der Waals surface area contributed by atoms with Crippen LogP contribution in [0.4, 0.5) is 10.5 Å². The Morgan fingerprint density at radius 1 is 1.11 bits per heavy atom. The monoisotopic (exact) mass is 288 g/mol. The molecule has 3 aromatic rings. The molecule has 0 saturated carbocycles. The van der Waals surface area contributed by atoms with Crippen LogP contribution in [0.2, 0.25) is 0 Å². The summed E-state index contributed by atoms with van der Waals surface area (Å²) in [6.45, 7) is 0.561. The first kappa shape index (κ1) is 12.2. The van der Waals surface area contributed by atoms with E-state index in [2.05, 4.69) is 16.7 Å². The molecule has 2 N–H and O–H groups in total. The van der Waals surface area contributed by atoms with Gasteiger partial charge in [-0.15, -0.1) is 22.7 Å². The van der Waals surface area contributed by atoms with Crippen LogP contribution < -0.4 is 10.6 Å². The molecule has 0 saturated heterocycles. The van der Waals surface area contributed by atoms with Crippen LogP contribution in [0.3, 0.4) is 0 Å². The summed E-state index contributed by atoms with van der Waals surface area (Å²) in [7, 11) is 0. The Labute approximate surface area is 118 Å². The largest absolute Gasteiger partial charge is 0.333 e. The first-order valence-electron chi connectivity index (χ1n) is 5.86. The average molecular weight is 288 g/mol. The van der Waals surface area contributed by atoms with Crippen molar-refractivity contribution in [2.24, 2.45) is 0 Å². The van der Waals surface area contributed by atoms with E-state index in [0.29, 0.717) is 6.54 Å². The standard InChI is InChI=1S/C14H12N2OS2/c17-14(15-8-10-4-3-7-18-10)16-12-9-19-13-6-2-1-5-11(12)13/h1-7,9H,8H2,(H2,15,16,17). The summed E-state index contributed by atoms with van der Waals surface area (Å²) >= 11 is 3.27. The van der Waals surface area contributed by atoms with E-state index in [1.54, 1.807) is 22.7 Å². The van der Waals surface area contributed by atoms with Gasteiger partial charge in [0.2, 0.25) is 0 Å². The molecule has 0 spiro atoms. The fourth-order valence-corrected chi connectivity index (χ4v) is 3.36. The highest BCUT2D eigenvalue weighted by molar-refractivity contribution is 7.17. The Morgan fingerprint density at radius 3 is 2.84 bits per heavy atom. The molecular weight excluding hydrogens is 276 g/mol. The zero-order valence-electron chi connectivity index (χ0n) is 10.1. The van der Waals surface area contributed by atoms with Crippen molar-refractivity contribution in [3.8, 4) is 0 Å². The fourth-order valence-electron chi connectivity index (χ4n) is 1.82. The molecule has 96 valence electrons. The Morgan fingerprint density at radius 2 is 2.00 bits per heavy atom. The predicted molar refractivity (Wildman–Crippen MR) is 82.0 cm³/mol. The van der Waals surface area contributed by atoms with Crippen LogP contribution in [0.1, 0.15) is 4.88 Å². The summed E-state index contributed by atoms with van der Waals surface area (Å²) in [5, 5.41) is 10.8. The molecule has 2 amide bonds. The third-order valence-electron chi connectivity index (χ3n) is 2.73. The molecular formula is C14H12N2OS2. The number of carbonyl (C=O) groups excluding carboxylic acids is 1. The van der Waals surface area contributed by atoms with Crippen molar-refractivity contribution in [1.82, 2.24) is 5.32 Å². The smallest absolute Gasteiger partial charge is 0.319 e. The van der Waals surface area contributed by atoms with Gasteiger partial charge in [-0.1, -0.05) is 24.3 Å². The van der Waals surface area contributed by atoms with E-state index in [-0.39, 0.29) is 6.03 Å². The number of thiophene rings is 2. The Kier molecular flexibility index (Phi) is 3.48. The van der Waals surface area contributed by atoms with Gasteiger partial charge in [0.15, 0.2) is 0 Å². The molecule has 0 radical (unpaired) electrons. The molecule has 3 nitrogen and oxygen atoms in total. The normalized spacial score (nSPS) is 10.5.